The molecule has 9 heteroatoms. The van der Waals surface area contributed by atoms with Crippen LogP contribution < -0.4 is 5.43 Å². The Hall–Kier alpha value is -2.52. The van der Waals surface area contributed by atoms with Crippen LogP contribution in [0.25, 0.3) is 0 Å². The van der Waals surface area contributed by atoms with Gasteiger partial charge in [0, 0.05) is 21.6 Å². The van der Waals surface area contributed by atoms with Crippen molar-refractivity contribution in [3.8, 4) is 0 Å². The molecule has 0 unspecified atom stereocenters. The number of carbonyl (C=O) groups excluding carboxylic acids is 1. The minimum Gasteiger partial charge on any atom is -0.272 e. The lowest BCUT2D eigenvalue weighted by Gasteiger charge is -2.21. The summed E-state index contributed by atoms with van der Waals surface area (Å²) in [5.41, 5.74) is 3.92. The molecular formula is C22H19BrClN3O3S. The number of amides is 1. The molecule has 0 atom stereocenters. The summed E-state index contributed by atoms with van der Waals surface area (Å²) in [7, 11) is -3.94. The van der Waals surface area contributed by atoms with Gasteiger partial charge in [0.15, 0.2) is 0 Å². The monoisotopic (exact) mass is 519 g/mol. The second kappa shape index (κ2) is 10.7. The van der Waals surface area contributed by atoms with E-state index in [9.17, 15) is 13.2 Å². The Bertz CT molecular complexity index is 1170. The second-order valence-electron chi connectivity index (χ2n) is 6.53. The number of rotatable bonds is 8. The lowest BCUT2D eigenvalue weighted by atomic mass is 10.2. The molecule has 1 amide bonds. The van der Waals surface area contributed by atoms with Crippen molar-refractivity contribution >= 4 is 49.7 Å². The largest absolute Gasteiger partial charge is 0.272 e. The first-order valence-electron chi connectivity index (χ1n) is 9.22. The highest BCUT2D eigenvalue weighted by atomic mass is 79.9. The van der Waals surface area contributed by atoms with Gasteiger partial charge in [-0.05, 0) is 35.9 Å². The number of hydrogen-bond donors (Lipinski definition) is 1. The molecule has 0 aliphatic rings. The number of nitrogens with one attached hydrogen (secondary N) is 1. The molecule has 6 nitrogen and oxygen atoms in total. The number of hydrogen-bond acceptors (Lipinski definition) is 4. The summed E-state index contributed by atoms with van der Waals surface area (Å²) in [5, 5.41) is 4.36. The fourth-order valence-corrected chi connectivity index (χ4v) is 4.62. The molecule has 3 aromatic rings. The van der Waals surface area contributed by atoms with Crippen molar-refractivity contribution in [1.29, 1.82) is 0 Å². The fourth-order valence-electron chi connectivity index (χ4n) is 2.72. The topological polar surface area (TPSA) is 78.8 Å². The zero-order valence-electron chi connectivity index (χ0n) is 16.3. The average molecular weight is 521 g/mol. The van der Waals surface area contributed by atoms with Gasteiger partial charge in [-0.1, -0.05) is 76.1 Å². The maximum Gasteiger partial charge on any atom is 0.255 e. The van der Waals surface area contributed by atoms with E-state index in [4.69, 9.17) is 11.6 Å². The van der Waals surface area contributed by atoms with Crippen molar-refractivity contribution in [3.63, 3.8) is 0 Å². The highest BCUT2D eigenvalue weighted by Crippen LogP contribution is 2.20. The molecule has 3 rings (SSSR count). The van der Waals surface area contributed by atoms with E-state index < -0.39 is 22.5 Å². The molecule has 0 aromatic heterocycles. The van der Waals surface area contributed by atoms with Crippen molar-refractivity contribution in [2.75, 3.05) is 6.54 Å². The highest BCUT2D eigenvalue weighted by molar-refractivity contribution is 9.10. The summed E-state index contributed by atoms with van der Waals surface area (Å²) < 4.78 is 28.3. The lowest BCUT2D eigenvalue weighted by Crippen LogP contribution is -2.39. The molecule has 0 aliphatic heterocycles. The fraction of sp³-hybridized carbons (Fsp3) is 0.0909. The standard InChI is InChI=1S/C22H19BrClN3O3S/c23-21-9-5-4-8-18(21)14-25-26-22(28)16-27(15-17-6-2-1-3-7-17)31(29,30)20-12-10-19(24)11-13-20/h1-14H,15-16H2,(H,26,28)/b25-14-. The van der Waals surface area contributed by atoms with Crippen LogP contribution in [0, 0.1) is 0 Å². The minimum absolute atomic E-state index is 0.0349. The van der Waals surface area contributed by atoms with Gasteiger partial charge in [0.1, 0.15) is 0 Å². The molecular weight excluding hydrogens is 502 g/mol. The van der Waals surface area contributed by atoms with E-state index >= 15 is 0 Å². The third-order valence-electron chi connectivity index (χ3n) is 4.27. The first-order valence-corrected chi connectivity index (χ1v) is 11.8. The number of carbonyl (C=O) groups is 1. The Morgan fingerprint density at radius 1 is 1.00 bits per heavy atom. The molecule has 0 aliphatic carbocycles. The summed E-state index contributed by atoms with van der Waals surface area (Å²) in [4.78, 5) is 12.5. The van der Waals surface area contributed by atoms with Crippen LogP contribution in [0.1, 0.15) is 11.1 Å². The molecule has 0 saturated carbocycles. The summed E-state index contributed by atoms with van der Waals surface area (Å²) in [6, 6.07) is 22.3. The molecule has 1 N–H and O–H groups in total. The van der Waals surface area contributed by atoms with Gasteiger partial charge < -0.3 is 0 Å². The maximum atomic E-state index is 13.2. The number of nitrogens with zero attached hydrogens (tertiary/aromatic N) is 2. The third-order valence-corrected chi connectivity index (χ3v) is 7.05. The summed E-state index contributed by atoms with van der Waals surface area (Å²) in [6.45, 7) is -0.361. The third kappa shape index (κ3) is 6.48. The molecule has 0 bridgehead atoms. The summed E-state index contributed by atoms with van der Waals surface area (Å²) in [5.74, 6) is -0.559. The van der Waals surface area contributed by atoms with Crippen molar-refractivity contribution in [1.82, 2.24) is 9.73 Å². The minimum atomic E-state index is -3.94. The normalized spacial score (nSPS) is 11.7. The Balaban J connectivity index is 1.78. The Morgan fingerprint density at radius 2 is 1.65 bits per heavy atom. The van der Waals surface area contributed by atoms with E-state index in [0.29, 0.717) is 5.02 Å². The van der Waals surface area contributed by atoms with Gasteiger partial charge in [0.05, 0.1) is 17.7 Å². The Kier molecular flexibility index (Phi) is 7.97. The van der Waals surface area contributed by atoms with E-state index in [2.05, 4.69) is 26.5 Å². The van der Waals surface area contributed by atoms with Crippen molar-refractivity contribution in [2.45, 2.75) is 11.4 Å². The summed E-state index contributed by atoms with van der Waals surface area (Å²) >= 11 is 9.28. The number of benzene rings is 3. The molecule has 31 heavy (non-hydrogen) atoms. The zero-order valence-corrected chi connectivity index (χ0v) is 19.4. The number of sulfonamides is 1. The lowest BCUT2D eigenvalue weighted by molar-refractivity contribution is -0.121. The van der Waals surface area contributed by atoms with Gasteiger partial charge in [0.2, 0.25) is 10.0 Å². The molecule has 160 valence electrons. The number of hydrazone groups is 1. The van der Waals surface area contributed by atoms with Gasteiger partial charge in [-0.25, -0.2) is 13.8 Å². The van der Waals surface area contributed by atoms with Gasteiger partial charge >= 0.3 is 0 Å². The van der Waals surface area contributed by atoms with E-state index in [0.717, 1.165) is 19.9 Å². The van der Waals surface area contributed by atoms with E-state index in [1.807, 2.05) is 42.5 Å². The highest BCUT2D eigenvalue weighted by Gasteiger charge is 2.27. The van der Waals surface area contributed by atoms with Crippen LogP contribution in [0.5, 0.6) is 0 Å². The SMILES string of the molecule is O=C(CN(Cc1ccccc1)S(=O)(=O)c1ccc(Cl)cc1)N/N=C\c1ccccc1Br. The first-order chi connectivity index (χ1) is 14.9. The van der Waals surface area contributed by atoms with Gasteiger partial charge in [-0.2, -0.15) is 9.41 Å². The molecule has 0 radical (unpaired) electrons. The molecule has 0 saturated heterocycles. The van der Waals surface area contributed by atoms with Gasteiger partial charge in [-0.15, -0.1) is 0 Å². The van der Waals surface area contributed by atoms with Crippen LogP contribution >= 0.6 is 27.5 Å². The zero-order chi connectivity index (χ0) is 22.3. The van der Waals surface area contributed by atoms with E-state index in [1.54, 1.807) is 12.1 Å². The number of halogens is 2. The van der Waals surface area contributed by atoms with Crippen molar-refractivity contribution in [2.24, 2.45) is 5.10 Å². The van der Waals surface area contributed by atoms with Gasteiger partial charge in [-0.3, -0.25) is 4.79 Å². The van der Waals surface area contributed by atoms with Crippen LogP contribution in [0.4, 0.5) is 0 Å². The predicted octanol–water partition coefficient (Wildman–Crippen LogP) is 4.44. The molecule has 3 aromatic carbocycles. The molecule has 0 spiro atoms. The average Bonchev–Trinajstić information content (AvgIpc) is 2.76. The molecule has 0 fully saturated rings. The van der Waals surface area contributed by atoms with E-state index in [1.165, 1.54) is 30.5 Å². The first kappa shape index (κ1) is 23.1. The van der Waals surface area contributed by atoms with Crippen LogP contribution in [-0.2, 0) is 21.4 Å². The van der Waals surface area contributed by atoms with Crippen LogP contribution in [-0.4, -0.2) is 31.4 Å². The smallest absolute Gasteiger partial charge is 0.255 e. The van der Waals surface area contributed by atoms with Crippen LogP contribution in [0.3, 0.4) is 0 Å². The Morgan fingerprint density at radius 3 is 2.32 bits per heavy atom. The van der Waals surface area contributed by atoms with E-state index in [-0.39, 0.29) is 11.4 Å². The Labute approximate surface area is 194 Å². The van der Waals surface area contributed by atoms with Gasteiger partial charge in [0.25, 0.3) is 5.91 Å². The van der Waals surface area contributed by atoms with Crippen molar-refractivity contribution < 1.29 is 13.2 Å². The summed E-state index contributed by atoms with van der Waals surface area (Å²) in [6.07, 6.45) is 1.48. The van der Waals surface area contributed by atoms with Crippen LogP contribution in [0.2, 0.25) is 5.02 Å². The second-order valence-corrected chi connectivity index (χ2v) is 9.76. The molecule has 0 heterocycles. The quantitative estimate of drug-likeness (QED) is 0.352. The predicted molar refractivity (Wildman–Crippen MR) is 125 cm³/mol. The maximum absolute atomic E-state index is 13.2. The van der Waals surface area contributed by atoms with Crippen molar-refractivity contribution in [3.05, 3.63) is 99.5 Å². The van der Waals surface area contributed by atoms with Crippen LogP contribution in [0.15, 0.2) is 93.3 Å².